The van der Waals surface area contributed by atoms with Crippen LogP contribution < -0.4 is 4.90 Å². The lowest BCUT2D eigenvalue weighted by Gasteiger charge is -2.52. The van der Waals surface area contributed by atoms with Gasteiger partial charge >= 0.3 is 0 Å². The molecule has 0 bridgehead atoms. The average Bonchev–Trinajstić information content (AvgIpc) is 2.61. The molecule has 2 aromatic carbocycles. The molecule has 2 fully saturated rings. The Hall–Kier alpha value is -1.80. The topological polar surface area (TPSA) is 12.5 Å². The molecule has 2 heteroatoms. The van der Waals surface area contributed by atoms with Gasteiger partial charge in [-0.05, 0) is 49.4 Å². The Morgan fingerprint density at radius 3 is 2.04 bits per heavy atom. The summed E-state index contributed by atoms with van der Waals surface area (Å²) in [7, 11) is 0. The van der Waals surface area contributed by atoms with Gasteiger partial charge in [0.2, 0.25) is 0 Å². The van der Waals surface area contributed by atoms with E-state index in [1.807, 2.05) is 0 Å². The molecule has 2 heterocycles. The zero-order valence-corrected chi connectivity index (χ0v) is 15.7. The van der Waals surface area contributed by atoms with Crippen LogP contribution in [0.15, 0.2) is 48.5 Å². The fraction of sp³-hybridized carbons (Fsp3) is 0.478. The van der Waals surface area contributed by atoms with Gasteiger partial charge in [0.15, 0.2) is 0 Å². The number of rotatable bonds is 3. The molecule has 0 saturated carbocycles. The predicted octanol–water partition coefficient (Wildman–Crippen LogP) is 5.08. The van der Waals surface area contributed by atoms with Crippen LogP contribution in [0, 0.1) is 6.92 Å². The molecule has 2 nitrogen and oxygen atoms in total. The molecule has 2 aliphatic heterocycles. The Morgan fingerprint density at radius 1 is 0.880 bits per heavy atom. The first-order valence-corrected chi connectivity index (χ1v) is 9.55. The van der Waals surface area contributed by atoms with Crippen molar-refractivity contribution in [2.24, 2.45) is 0 Å². The van der Waals surface area contributed by atoms with E-state index in [1.54, 1.807) is 0 Å². The highest BCUT2D eigenvalue weighted by atomic mass is 16.5. The molecule has 2 aliphatic rings. The van der Waals surface area contributed by atoms with Gasteiger partial charge in [0.1, 0.15) is 5.60 Å². The molecule has 25 heavy (non-hydrogen) atoms. The minimum atomic E-state index is 0.0227. The van der Waals surface area contributed by atoms with Crippen molar-refractivity contribution in [2.75, 3.05) is 24.6 Å². The molecule has 132 valence electrons. The lowest BCUT2D eigenvalue weighted by Crippen LogP contribution is -2.64. The minimum absolute atomic E-state index is 0.0227. The van der Waals surface area contributed by atoms with Gasteiger partial charge in [0.05, 0.1) is 0 Å². The Bertz CT molecular complexity index is 716. The second kappa shape index (κ2) is 6.17. The summed E-state index contributed by atoms with van der Waals surface area (Å²) in [4.78, 5) is 2.45. The fourth-order valence-corrected chi connectivity index (χ4v) is 4.22. The summed E-state index contributed by atoms with van der Waals surface area (Å²) < 4.78 is 6.06. The molecule has 0 N–H and O–H groups in total. The predicted molar refractivity (Wildman–Crippen MR) is 104 cm³/mol. The van der Waals surface area contributed by atoms with Crippen LogP contribution in [0.4, 0.5) is 5.69 Å². The highest BCUT2D eigenvalue weighted by Gasteiger charge is 2.45. The normalized spacial score (nSPS) is 19.7. The van der Waals surface area contributed by atoms with E-state index < -0.39 is 0 Å². The molecular formula is C23H29NO. The highest BCUT2D eigenvalue weighted by Crippen LogP contribution is 2.38. The van der Waals surface area contributed by atoms with Crippen LogP contribution in [0.2, 0.25) is 0 Å². The molecule has 0 radical (unpaired) electrons. The largest absolute Gasteiger partial charge is 0.371 e. The smallest absolute Gasteiger partial charge is 0.103 e. The summed E-state index contributed by atoms with van der Waals surface area (Å²) in [6, 6.07) is 18.1. The first-order chi connectivity index (χ1) is 12.0. The van der Waals surface area contributed by atoms with Crippen LogP contribution in [0.3, 0.4) is 0 Å². The van der Waals surface area contributed by atoms with E-state index in [9.17, 15) is 0 Å². The van der Waals surface area contributed by atoms with Crippen LogP contribution >= 0.6 is 0 Å². The van der Waals surface area contributed by atoms with Gasteiger partial charge in [-0.15, -0.1) is 0 Å². The zero-order chi connectivity index (χ0) is 17.5. The molecule has 0 aromatic heterocycles. The van der Waals surface area contributed by atoms with Gasteiger partial charge in [-0.3, -0.25) is 0 Å². The summed E-state index contributed by atoms with van der Waals surface area (Å²) in [6.45, 7) is 9.79. The van der Waals surface area contributed by atoms with Gasteiger partial charge in [-0.2, -0.15) is 0 Å². The second-order valence-electron chi connectivity index (χ2n) is 8.38. The number of anilines is 1. The third kappa shape index (κ3) is 3.08. The Kier molecular flexibility index (Phi) is 4.11. The van der Waals surface area contributed by atoms with E-state index in [4.69, 9.17) is 4.74 Å². The van der Waals surface area contributed by atoms with Crippen LogP contribution in [0.1, 0.15) is 49.8 Å². The van der Waals surface area contributed by atoms with Crippen molar-refractivity contribution in [3.05, 3.63) is 65.2 Å². The van der Waals surface area contributed by atoms with Crippen LogP contribution in [-0.2, 0) is 10.2 Å². The molecule has 2 aromatic rings. The molecule has 2 saturated heterocycles. The van der Waals surface area contributed by atoms with Crippen LogP contribution in [-0.4, -0.2) is 25.3 Å². The Labute approximate surface area is 151 Å². The molecular weight excluding hydrogens is 306 g/mol. The van der Waals surface area contributed by atoms with Crippen molar-refractivity contribution >= 4 is 5.69 Å². The fourth-order valence-electron chi connectivity index (χ4n) is 4.22. The van der Waals surface area contributed by atoms with E-state index in [2.05, 4.69) is 74.2 Å². The first kappa shape index (κ1) is 16.7. The standard InChI is InChI=1S/C23H29NO/c1-18-6-8-19(9-7-18)22(2,3)20-10-12-21(13-11-20)24-16-23(17-24)14-4-5-15-25-23/h6-13H,4-5,14-17H2,1-3H3. The number of hydrogen-bond acceptors (Lipinski definition) is 2. The maximum Gasteiger partial charge on any atom is 0.103 e. The maximum atomic E-state index is 6.06. The van der Waals surface area contributed by atoms with Crippen molar-refractivity contribution in [2.45, 2.75) is 51.0 Å². The molecule has 4 rings (SSSR count). The number of ether oxygens (including phenoxy) is 1. The zero-order valence-electron chi connectivity index (χ0n) is 15.7. The maximum absolute atomic E-state index is 6.06. The van der Waals surface area contributed by atoms with Crippen LogP contribution in [0.5, 0.6) is 0 Å². The first-order valence-electron chi connectivity index (χ1n) is 9.55. The number of nitrogens with zero attached hydrogens (tertiary/aromatic N) is 1. The molecule has 0 atom stereocenters. The van der Waals surface area contributed by atoms with Gasteiger partial charge in [0.25, 0.3) is 0 Å². The monoisotopic (exact) mass is 335 g/mol. The summed E-state index contributed by atoms with van der Waals surface area (Å²) in [5, 5.41) is 0. The molecule has 0 amide bonds. The van der Waals surface area contributed by atoms with Crippen molar-refractivity contribution in [1.82, 2.24) is 0 Å². The van der Waals surface area contributed by atoms with E-state index in [-0.39, 0.29) is 11.0 Å². The number of hydrogen-bond donors (Lipinski definition) is 0. The van der Waals surface area contributed by atoms with Crippen molar-refractivity contribution < 1.29 is 4.74 Å². The average molecular weight is 335 g/mol. The van der Waals surface area contributed by atoms with Gasteiger partial charge in [-0.25, -0.2) is 0 Å². The Balaban J connectivity index is 1.48. The quantitative estimate of drug-likeness (QED) is 0.775. The van der Waals surface area contributed by atoms with E-state index in [1.165, 1.54) is 41.6 Å². The third-order valence-corrected chi connectivity index (χ3v) is 6.12. The van der Waals surface area contributed by atoms with E-state index in [0.717, 1.165) is 19.7 Å². The van der Waals surface area contributed by atoms with Gasteiger partial charge < -0.3 is 9.64 Å². The van der Waals surface area contributed by atoms with E-state index in [0.29, 0.717) is 0 Å². The van der Waals surface area contributed by atoms with Gasteiger partial charge in [0, 0.05) is 30.8 Å². The molecule has 0 unspecified atom stereocenters. The number of benzene rings is 2. The Morgan fingerprint density at radius 2 is 1.48 bits per heavy atom. The summed E-state index contributed by atoms with van der Waals surface area (Å²) >= 11 is 0. The van der Waals surface area contributed by atoms with Crippen molar-refractivity contribution in [3.8, 4) is 0 Å². The molecule has 1 spiro atoms. The van der Waals surface area contributed by atoms with Crippen molar-refractivity contribution in [3.63, 3.8) is 0 Å². The lowest BCUT2D eigenvalue weighted by atomic mass is 9.78. The summed E-state index contributed by atoms with van der Waals surface area (Å²) in [5.41, 5.74) is 5.54. The third-order valence-electron chi connectivity index (χ3n) is 6.12. The minimum Gasteiger partial charge on any atom is -0.371 e. The highest BCUT2D eigenvalue weighted by molar-refractivity contribution is 5.53. The second-order valence-corrected chi connectivity index (χ2v) is 8.38. The van der Waals surface area contributed by atoms with Gasteiger partial charge in [-0.1, -0.05) is 55.8 Å². The SMILES string of the molecule is Cc1ccc(C(C)(C)c2ccc(N3CC4(CCCCO4)C3)cc2)cc1. The lowest BCUT2D eigenvalue weighted by molar-refractivity contribution is -0.0948. The van der Waals surface area contributed by atoms with Crippen LogP contribution in [0.25, 0.3) is 0 Å². The van der Waals surface area contributed by atoms with Crippen molar-refractivity contribution in [1.29, 1.82) is 0 Å². The molecule has 0 aliphatic carbocycles. The number of aryl methyl sites for hydroxylation is 1. The summed E-state index contributed by atoms with van der Waals surface area (Å²) in [6.07, 6.45) is 3.77. The van der Waals surface area contributed by atoms with E-state index >= 15 is 0 Å². The summed E-state index contributed by atoms with van der Waals surface area (Å²) in [5.74, 6) is 0.